The fraction of sp³-hybridized carbons (Fsp3) is 0.938. The predicted molar refractivity (Wildman–Crippen MR) is 90.9 cm³/mol. The molecule has 0 aromatic rings. The van der Waals surface area contributed by atoms with Crippen molar-refractivity contribution in [3.05, 3.63) is 0 Å². The molecule has 2 N–H and O–H groups in total. The molecule has 5 heteroatoms. The maximum atomic E-state index is 12.7. The maximum absolute atomic E-state index is 12.7. The Labute approximate surface area is 133 Å². The van der Waals surface area contributed by atoms with Gasteiger partial charge in [0.15, 0.2) is 0 Å². The molecule has 0 aromatic carbocycles. The zero-order valence-corrected chi connectivity index (χ0v) is 14.7. The number of carbonyl (C=O) groups is 1. The predicted octanol–water partition coefficient (Wildman–Crippen LogP) is 1.85. The third kappa shape index (κ3) is 4.14. The van der Waals surface area contributed by atoms with E-state index >= 15 is 0 Å². The highest BCUT2D eigenvalue weighted by Crippen LogP contribution is 2.38. The van der Waals surface area contributed by atoms with E-state index in [0.29, 0.717) is 0 Å². The lowest BCUT2D eigenvalue weighted by atomic mass is 9.88. The monoisotopic (exact) mass is 313 g/mol. The normalized spacial score (nSPS) is 23.8. The molecule has 2 aliphatic rings. The average molecular weight is 314 g/mol. The van der Waals surface area contributed by atoms with Crippen LogP contribution in [0.3, 0.4) is 0 Å². The number of hydrogen-bond acceptors (Lipinski definition) is 4. The lowest BCUT2D eigenvalue weighted by Gasteiger charge is -2.41. The molecule has 1 amide bonds. The molecule has 1 aliphatic carbocycles. The van der Waals surface area contributed by atoms with E-state index in [4.69, 9.17) is 0 Å². The zero-order valence-electron chi connectivity index (χ0n) is 13.8. The van der Waals surface area contributed by atoms with Crippen LogP contribution >= 0.6 is 11.8 Å². The number of nitrogens with zero attached hydrogens (tertiary/aromatic N) is 1. The molecule has 122 valence electrons. The molecule has 21 heavy (non-hydrogen) atoms. The maximum Gasteiger partial charge on any atom is 0.240 e. The molecule has 4 nitrogen and oxygen atoms in total. The molecule has 0 bridgehead atoms. The minimum Gasteiger partial charge on any atom is -0.353 e. The van der Waals surface area contributed by atoms with Crippen LogP contribution in [0.2, 0.25) is 0 Å². The first-order valence-electron chi connectivity index (χ1n) is 8.29. The van der Waals surface area contributed by atoms with Gasteiger partial charge in [0.2, 0.25) is 5.91 Å². The van der Waals surface area contributed by atoms with E-state index in [9.17, 15) is 4.79 Å². The second-order valence-electron chi connectivity index (χ2n) is 6.93. The summed E-state index contributed by atoms with van der Waals surface area (Å²) in [7, 11) is 0. The molecule has 2 fully saturated rings. The molecule has 0 radical (unpaired) electrons. The summed E-state index contributed by atoms with van der Waals surface area (Å²) in [5.74, 6) is 0.184. The van der Waals surface area contributed by atoms with Gasteiger partial charge >= 0.3 is 0 Å². The van der Waals surface area contributed by atoms with E-state index in [-0.39, 0.29) is 10.7 Å². The van der Waals surface area contributed by atoms with Gasteiger partial charge in [-0.25, -0.2) is 0 Å². The molecule has 0 aromatic heterocycles. The highest BCUT2D eigenvalue weighted by atomic mass is 32.2. The van der Waals surface area contributed by atoms with Gasteiger partial charge in [-0.1, -0.05) is 19.3 Å². The van der Waals surface area contributed by atoms with Crippen molar-refractivity contribution in [2.75, 3.05) is 39.0 Å². The minimum atomic E-state index is -0.406. The summed E-state index contributed by atoms with van der Waals surface area (Å²) in [4.78, 5) is 15.0. The first kappa shape index (κ1) is 17.1. The van der Waals surface area contributed by atoms with E-state index in [0.717, 1.165) is 32.7 Å². The van der Waals surface area contributed by atoms with E-state index in [1.807, 2.05) is 11.8 Å². The molecule has 0 atom stereocenters. The molecule has 1 heterocycles. The Morgan fingerprint density at radius 3 is 2.43 bits per heavy atom. The minimum absolute atomic E-state index is 0.184. The smallest absolute Gasteiger partial charge is 0.240 e. The summed E-state index contributed by atoms with van der Waals surface area (Å²) >= 11 is 1.94. The Hall–Kier alpha value is -0.260. The number of nitrogens with one attached hydrogen (secondary N) is 2. The fourth-order valence-corrected chi connectivity index (χ4v) is 4.39. The Balaban J connectivity index is 1.90. The van der Waals surface area contributed by atoms with Gasteiger partial charge in [0, 0.05) is 37.5 Å². The highest BCUT2D eigenvalue weighted by molar-refractivity contribution is 8.00. The van der Waals surface area contributed by atoms with Gasteiger partial charge in [-0.15, -0.1) is 0 Å². The summed E-state index contributed by atoms with van der Waals surface area (Å²) < 4.78 is 0.271. The Morgan fingerprint density at radius 2 is 1.86 bits per heavy atom. The molecule has 0 unspecified atom stereocenters. The zero-order chi connectivity index (χ0) is 15.3. The Bertz CT molecular complexity index is 347. The number of amides is 1. The number of rotatable bonds is 5. The number of hydrogen-bond donors (Lipinski definition) is 2. The van der Waals surface area contributed by atoms with Crippen LogP contribution in [0.4, 0.5) is 0 Å². The number of carbonyl (C=O) groups excluding carboxylic acids is 1. The first-order chi connectivity index (χ1) is 10.0. The summed E-state index contributed by atoms with van der Waals surface area (Å²) in [5.41, 5.74) is -0.406. The second-order valence-corrected chi connectivity index (χ2v) is 8.20. The topological polar surface area (TPSA) is 44.4 Å². The van der Waals surface area contributed by atoms with Crippen LogP contribution in [0.5, 0.6) is 0 Å². The fourth-order valence-electron chi connectivity index (χ4n) is 3.47. The van der Waals surface area contributed by atoms with Crippen molar-refractivity contribution in [2.45, 2.75) is 56.2 Å². The molecule has 1 saturated carbocycles. The van der Waals surface area contributed by atoms with E-state index in [2.05, 4.69) is 35.6 Å². The average Bonchev–Trinajstić information content (AvgIpc) is 2.54. The van der Waals surface area contributed by atoms with Crippen LogP contribution in [0.25, 0.3) is 0 Å². The van der Waals surface area contributed by atoms with Gasteiger partial charge in [-0.05, 0) is 32.9 Å². The van der Waals surface area contributed by atoms with Gasteiger partial charge in [0.1, 0.15) is 0 Å². The van der Waals surface area contributed by atoms with Crippen molar-refractivity contribution >= 4 is 17.7 Å². The van der Waals surface area contributed by atoms with Gasteiger partial charge in [0.05, 0.1) is 5.54 Å². The molecule has 1 aliphatic heterocycles. The van der Waals surface area contributed by atoms with Crippen molar-refractivity contribution < 1.29 is 4.79 Å². The van der Waals surface area contributed by atoms with Gasteiger partial charge < -0.3 is 10.6 Å². The Morgan fingerprint density at radius 1 is 1.24 bits per heavy atom. The van der Waals surface area contributed by atoms with Crippen LogP contribution in [0, 0.1) is 0 Å². The lowest BCUT2D eigenvalue weighted by molar-refractivity contribution is -0.132. The summed E-state index contributed by atoms with van der Waals surface area (Å²) in [5, 5.41) is 6.61. The SMILES string of the molecule is CSC1(CNC(=O)C(C)(C)N2CCNCC2)CCCCC1. The quantitative estimate of drug-likeness (QED) is 0.813. The van der Waals surface area contributed by atoms with Crippen LogP contribution in [-0.2, 0) is 4.79 Å². The van der Waals surface area contributed by atoms with Crippen molar-refractivity contribution in [1.29, 1.82) is 0 Å². The van der Waals surface area contributed by atoms with Gasteiger partial charge in [-0.2, -0.15) is 11.8 Å². The van der Waals surface area contributed by atoms with Crippen molar-refractivity contribution in [2.24, 2.45) is 0 Å². The molecular formula is C16H31N3OS. The van der Waals surface area contributed by atoms with Crippen LogP contribution < -0.4 is 10.6 Å². The van der Waals surface area contributed by atoms with Crippen molar-refractivity contribution in [3.8, 4) is 0 Å². The highest BCUT2D eigenvalue weighted by Gasteiger charge is 2.37. The molecule has 1 saturated heterocycles. The summed E-state index contributed by atoms with van der Waals surface area (Å²) in [6.45, 7) is 8.79. The first-order valence-corrected chi connectivity index (χ1v) is 9.52. The number of piperazine rings is 1. The number of thioether (sulfide) groups is 1. The summed E-state index contributed by atoms with van der Waals surface area (Å²) in [6.07, 6.45) is 8.63. The van der Waals surface area contributed by atoms with Crippen molar-refractivity contribution in [1.82, 2.24) is 15.5 Å². The standard InChI is InChI=1S/C16H31N3OS/c1-15(2,19-11-9-17-10-12-19)14(20)18-13-16(21-3)7-5-4-6-8-16/h17H,4-13H2,1-3H3,(H,18,20). The van der Waals surface area contributed by atoms with Crippen LogP contribution in [0.1, 0.15) is 46.0 Å². The Kier molecular flexibility index (Phi) is 5.97. The van der Waals surface area contributed by atoms with E-state index in [1.54, 1.807) is 0 Å². The molecule has 0 spiro atoms. The van der Waals surface area contributed by atoms with Crippen LogP contribution in [0.15, 0.2) is 0 Å². The van der Waals surface area contributed by atoms with Gasteiger partial charge in [-0.3, -0.25) is 9.69 Å². The van der Waals surface area contributed by atoms with E-state index in [1.165, 1.54) is 32.1 Å². The van der Waals surface area contributed by atoms with Crippen molar-refractivity contribution in [3.63, 3.8) is 0 Å². The summed E-state index contributed by atoms with van der Waals surface area (Å²) in [6, 6.07) is 0. The third-order valence-corrected chi connectivity index (χ3v) is 6.65. The molecule has 2 rings (SSSR count). The lowest BCUT2D eigenvalue weighted by Crippen LogP contribution is -2.61. The largest absolute Gasteiger partial charge is 0.353 e. The molecular weight excluding hydrogens is 282 g/mol. The second kappa shape index (κ2) is 7.34. The third-order valence-electron chi connectivity index (χ3n) is 5.23. The van der Waals surface area contributed by atoms with Crippen LogP contribution in [-0.4, -0.2) is 60.1 Å². The van der Waals surface area contributed by atoms with Gasteiger partial charge in [0.25, 0.3) is 0 Å². The van der Waals surface area contributed by atoms with E-state index < -0.39 is 5.54 Å².